The predicted octanol–water partition coefficient (Wildman–Crippen LogP) is 10.1. The molecule has 0 aliphatic carbocycles. The average Bonchev–Trinajstić information content (AvgIpc) is 3.34. The van der Waals surface area contributed by atoms with Crippen molar-refractivity contribution in [3.8, 4) is 17.2 Å². The van der Waals surface area contributed by atoms with Crippen molar-refractivity contribution in [2.45, 2.75) is 75.2 Å². The van der Waals surface area contributed by atoms with Crippen LogP contribution in [-0.2, 0) is 6.42 Å². The number of para-hydroxylation sites is 3. The van der Waals surface area contributed by atoms with Crippen LogP contribution in [0, 0.1) is 17.8 Å². The molecule has 0 radical (unpaired) electrons. The van der Waals surface area contributed by atoms with Crippen LogP contribution in [-0.4, -0.2) is 13.4 Å². The minimum Gasteiger partial charge on any atom is -0.493 e. The Bertz CT molecular complexity index is 791. The highest BCUT2D eigenvalue weighted by Gasteiger charge is 2.09. The van der Waals surface area contributed by atoms with E-state index in [1.165, 1.54) is 12.0 Å². The molecule has 0 bridgehead atoms. The summed E-state index contributed by atoms with van der Waals surface area (Å²) in [5.74, 6) is 5.27. The normalized spacial score (nSPS) is 11.8. The molecule has 5 rings (SSSR count). The van der Waals surface area contributed by atoms with Gasteiger partial charge in [-0.05, 0) is 54.4 Å². The molecule has 3 aromatic rings. The third-order valence-corrected chi connectivity index (χ3v) is 3.77. The topological polar surface area (TPSA) is 27.7 Å². The molecule has 0 fully saturated rings. The second-order valence-electron chi connectivity index (χ2n) is 10.8. The predicted molar refractivity (Wildman–Crippen MR) is 161 cm³/mol. The summed E-state index contributed by atoms with van der Waals surface area (Å²) in [6.45, 7) is 20.7. The molecule has 0 atom stereocenters. The van der Waals surface area contributed by atoms with E-state index in [-0.39, 0.29) is 0 Å². The monoisotopic (exact) mass is 508 g/mol. The Kier molecular flexibility index (Phi) is 20.5. The lowest BCUT2D eigenvalue weighted by Gasteiger charge is -2.15. The van der Waals surface area contributed by atoms with Crippen LogP contribution in [0.25, 0.3) is 0 Å². The summed E-state index contributed by atoms with van der Waals surface area (Å²) in [4.78, 5) is 0. The van der Waals surface area contributed by atoms with Gasteiger partial charge in [-0.3, -0.25) is 0 Å². The number of rotatable bonds is 0. The van der Waals surface area contributed by atoms with Crippen LogP contribution in [0.1, 0.15) is 74.3 Å². The van der Waals surface area contributed by atoms with E-state index in [1.54, 1.807) is 0 Å². The fraction of sp³-hybridized carbons (Fsp3) is 0.471. The number of hydrogen-bond donors (Lipinski definition) is 0. The molecule has 0 amide bonds. The first-order valence-corrected chi connectivity index (χ1v) is 13.7. The highest BCUT2D eigenvalue weighted by molar-refractivity contribution is 5.40. The molecule has 37 heavy (non-hydrogen) atoms. The van der Waals surface area contributed by atoms with Crippen LogP contribution >= 0.6 is 0 Å². The number of fused-ring (bicyclic) bond motifs is 2. The van der Waals surface area contributed by atoms with Crippen LogP contribution in [0.3, 0.4) is 0 Å². The van der Waals surface area contributed by atoms with E-state index < -0.39 is 0 Å². The van der Waals surface area contributed by atoms with Gasteiger partial charge in [0, 0.05) is 0 Å². The van der Waals surface area contributed by atoms with Gasteiger partial charge in [-0.1, -0.05) is 129 Å². The van der Waals surface area contributed by atoms with E-state index in [9.17, 15) is 0 Å². The van der Waals surface area contributed by atoms with Crippen molar-refractivity contribution < 1.29 is 14.2 Å². The van der Waals surface area contributed by atoms with E-state index in [4.69, 9.17) is 14.2 Å². The van der Waals surface area contributed by atoms with Crippen molar-refractivity contribution >= 4 is 0 Å². The molecule has 2 aliphatic heterocycles. The Morgan fingerprint density at radius 1 is 0.459 bits per heavy atom. The van der Waals surface area contributed by atoms with Gasteiger partial charge in [0.05, 0.1) is 6.61 Å². The van der Waals surface area contributed by atoms with Crippen LogP contribution in [0.2, 0.25) is 0 Å². The van der Waals surface area contributed by atoms with Gasteiger partial charge in [0.1, 0.15) is 5.75 Å². The summed E-state index contributed by atoms with van der Waals surface area (Å²) in [5.41, 5.74) is 1.36. The molecule has 0 unspecified atom stereocenters. The van der Waals surface area contributed by atoms with E-state index in [0.717, 1.165) is 48.0 Å². The minimum atomic E-state index is 0.360. The zero-order valence-corrected chi connectivity index (χ0v) is 24.9. The summed E-state index contributed by atoms with van der Waals surface area (Å²) in [6, 6.07) is 27.9. The van der Waals surface area contributed by atoms with E-state index in [1.807, 2.05) is 72.8 Å². The first-order valence-electron chi connectivity index (χ1n) is 13.7. The number of hydrogen-bond acceptors (Lipinski definition) is 3. The molecule has 0 N–H and O–H groups in total. The zero-order chi connectivity index (χ0) is 27.9. The third-order valence-electron chi connectivity index (χ3n) is 3.77. The first-order chi connectivity index (χ1) is 17.6. The van der Waals surface area contributed by atoms with Crippen molar-refractivity contribution in [3.63, 3.8) is 0 Å². The molecule has 206 valence electrons. The molecule has 0 aromatic heterocycles. The Hall–Kier alpha value is -2.94. The highest BCUT2D eigenvalue weighted by atomic mass is 16.7. The summed E-state index contributed by atoms with van der Waals surface area (Å²) in [5, 5.41) is 0. The van der Waals surface area contributed by atoms with Gasteiger partial charge < -0.3 is 14.2 Å². The SMILES string of the molecule is CC(C)C.CC(C)C.CC(C)C.c1ccc2c(c1)CCCO2.c1ccc2c(c1)OCO2.c1ccccc1. The molecule has 0 spiro atoms. The fourth-order valence-corrected chi connectivity index (χ4v) is 2.53. The largest absolute Gasteiger partial charge is 0.493 e. The van der Waals surface area contributed by atoms with Gasteiger partial charge in [-0.25, -0.2) is 0 Å². The van der Waals surface area contributed by atoms with E-state index in [0.29, 0.717) is 6.79 Å². The maximum Gasteiger partial charge on any atom is 0.231 e. The van der Waals surface area contributed by atoms with Gasteiger partial charge in [0.2, 0.25) is 6.79 Å². The van der Waals surface area contributed by atoms with Gasteiger partial charge in [0.25, 0.3) is 0 Å². The molecule has 2 aliphatic rings. The molecule has 3 heteroatoms. The zero-order valence-electron chi connectivity index (χ0n) is 24.9. The summed E-state index contributed by atoms with van der Waals surface area (Å²) >= 11 is 0. The van der Waals surface area contributed by atoms with Crippen molar-refractivity contribution in [1.82, 2.24) is 0 Å². The second kappa shape index (κ2) is 22.3. The van der Waals surface area contributed by atoms with Crippen molar-refractivity contribution in [2.24, 2.45) is 17.8 Å². The van der Waals surface area contributed by atoms with Crippen molar-refractivity contribution in [1.29, 1.82) is 0 Å². The Balaban J connectivity index is 0.000000443. The van der Waals surface area contributed by atoms with Crippen LogP contribution < -0.4 is 14.2 Å². The number of ether oxygens (including phenoxy) is 3. The lowest BCUT2D eigenvalue weighted by atomic mass is 10.1. The molecular formula is C34H52O3. The molecule has 2 heterocycles. The smallest absolute Gasteiger partial charge is 0.231 e. The number of benzene rings is 3. The Morgan fingerprint density at radius 2 is 0.811 bits per heavy atom. The average molecular weight is 509 g/mol. The summed E-state index contributed by atoms with van der Waals surface area (Å²) in [6.07, 6.45) is 2.34. The quantitative estimate of drug-likeness (QED) is 0.302. The standard InChI is InChI=1S/C9H10O.C7H6O2.C6H6.3C4H10/c1-2-6-9-8(4-1)5-3-7-10-9;1-2-4-7-6(3-1)8-5-9-7;1-2-4-6-5-3-1;3*1-4(2)3/h1-2,4,6H,3,5,7H2;1-4H,5H2;1-6H;3*4H,1-3H3. The van der Waals surface area contributed by atoms with Gasteiger partial charge in [0.15, 0.2) is 11.5 Å². The molecule has 3 aromatic carbocycles. The lowest BCUT2D eigenvalue weighted by molar-refractivity contribution is 0.174. The second-order valence-corrected chi connectivity index (χ2v) is 10.8. The maximum absolute atomic E-state index is 5.42. The lowest BCUT2D eigenvalue weighted by Crippen LogP contribution is -2.07. The Morgan fingerprint density at radius 3 is 1.19 bits per heavy atom. The highest BCUT2D eigenvalue weighted by Crippen LogP contribution is 2.30. The van der Waals surface area contributed by atoms with Crippen LogP contribution in [0.4, 0.5) is 0 Å². The molecule has 0 saturated heterocycles. The van der Waals surface area contributed by atoms with Crippen molar-refractivity contribution in [3.05, 3.63) is 90.5 Å². The summed E-state index contributed by atoms with van der Waals surface area (Å²) in [7, 11) is 0. The van der Waals surface area contributed by atoms with E-state index in [2.05, 4.69) is 74.4 Å². The van der Waals surface area contributed by atoms with Crippen molar-refractivity contribution in [2.75, 3.05) is 13.4 Å². The molecular weight excluding hydrogens is 456 g/mol. The fourth-order valence-electron chi connectivity index (χ4n) is 2.53. The third kappa shape index (κ3) is 22.0. The first kappa shape index (κ1) is 34.1. The van der Waals surface area contributed by atoms with Gasteiger partial charge in [-0.2, -0.15) is 0 Å². The minimum absolute atomic E-state index is 0.360. The maximum atomic E-state index is 5.42. The van der Waals surface area contributed by atoms with Crippen LogP contribution in [0.5, 0.6) is 17.2 Å². The van der Waals surface area contributed by atoms with Gasteiger partial charge >= 0.3 is 0 Å². The molecule has 3 nitrogen and oxygen atoms in total. The van der Waals surface area contributed by atoms with E-state index >= 15 is 0 Å². The van der Waals surface area contributed by atoms with Crippen LogP contribution in [0.15, 0.2) is 84.9 Å². The summed E-state index contributed by atoms with van der Waals surface area (Å²) < 4.78 is 15.6. The number of aryl methyl sites for hydroxylation is 1. The Labute approximate surface area is 228 Å². The van der Waals surface area contributed by atoms with Gasteiger partial charge in [-0.15, -0.1) is 0 Å². The molecule has 0 saturated carbocycles.